The summed E-state index contributed by atoms with van der Waals surface area (Å²) < 4.78 is 39.7. The van der Waals surface area contributed by atoms with Crippen molar-refractivity contribution in [2.75, 3.05) is 0 Å². The zero-order valence-electron chi connectivity index (χ0n) is 12.8. The van der Waals surface area contributed by atoms with Crippen LogP contribution in [0.3, 0.4) is 0 Å². The van der Waals surface area contributed by atoms with E-state index in [1.54, 1.807) is 13.8 Å². The fraction of sp³-hybridized carbons (Fsp3) is 0.235. The van der Waals surface area contributed by atoms with Crippen LogP contribution in [0.4, 0.5) is 13.2 Å². The van der Waals surface area contributed by atoms with Gasteiger partial charge in [0.25, 0.3) is 0 Å². The molecule has 6 heteroatoms. The van der Waals surface area contributed by atoms with Crippen molar-refractivity contribution in [3.8, 4) is 0 Å². The molecule has 0 radical (unpaired) electrons. The Morgan fingerprint density at radius 2 is 1.74 bits per heavy atom. The average molecular weight is 321 g/mol. The van der Waals surface area contributed by atoms with Crippen LogP contribution in [0.15, 0.2) is 40.0 Å². The van der Waals surface area contributed by atoms with E-state index in [1.165, 1.54) is 13.0 Å². The highest BCUT2D eigenvalue weighted by Gasteiger charge is 2.27. The van der Waals surface area contributed by atoms with Gasteiger partial charge in [0.1, 0.15) is 5.70 Å². The molecule has 120 valence electrons. The van der Waals surface area contributed by atoms with Gasteiger partial charge in [0.15, 0.2) is 23.2 Å². The van der Waals surface area contributed by atoms with E-state index in [2.05, 4.69) is 4.99 Å². The van der Waals surface area contributed by atoms with Crippen LogP contribution in [0, 0.1) is 23.4 Å². The van der Waals surface area contributed by atoms with Gasteiger partial charge in [-0.3, -0.25) is 14.6 Å². The molecule has 1 aromatic carbocycles. The Bertz CT molecular complexity index is 789. The molecule has 0 fully saturated rings. The molecule has 2 rings (SSSR count). The molecule has 0 aromatic heterocycles. The minimum absolute atomic E-state index is 0.120. The van der Waals surface area contributed by atoms with E-state index >= 15 is 0 Å². The molecule has 0 unspecified atom stereocenters. The summed E-state index contributed by atoms with van der Waals surface area (Å²) in [5.41, 5.74) is -0.00687. The van der Waals surface area contributed by atoms with Crippen molar-refractivity contribution >= 4 is 17.8 Å². The Morgan fingerprint density at radius 3 is 2.35 bits per heavy atom. The summed E-state index contributed by atoms with van der Waals surface area (Å²) in [6.07, 6.45) is 2.17. The fourth-order valence-corrected chi connectivity index (χ4v) is 2.10. The van der Waals surface area contributed by atoms with Crippen LogP contribution in [0.2, 0.25) is 0 Å². The first-order valence-corrected chi connectivity index (χ1v) is 6.93. The summed E-state index contributed by atoms with van der Waals surface area (Å²) in [5.74, 6) is -5.30. The number of carbonyl (C=O) groups excluding carboxylic acids is 2. The van der Waals surface area contributed by atoms with E-state index in [0.717, 1.165) is 18.3 Å². The van der Waals surface area contributed by atoms with E-state index in [0.29, 0.717) is 5.57 Å². The second kappa shape index (κ2) is 6.32. The molecule has 3 nitrogen and oxygen atoms in total. The van der Waals surface area contributed by atoms with E-state index in [4.69, 9.17) is 0 Å². The molecular weight excluding hydrogens is 307 g/mol. The van der Waals surface area contributed by atoms with Gasteiger partial charge in [0, 0.05) is 22.9 Å². The highest BCUT2D eigenvalue weighted by atomic mass is 19.2. The number of allylic oxidation sites excluding steroid dienone is 3. The Morgan fingerprint density at radius 1 is 1.09 bits per heavy atom. The molecular formula is C17H14F3NO2. The monoisotopic (exact) mass is 321 g/mol. The number of hydrogen-bond donors (Lipinski definition) is 0. The lowest BCUT2D eigenvalue weighted by Crippen LogP contribution is -2.20. The van der Waals surface area contributed by atoms with Crippen LogP contribution in [0.5, 0.6) is 0 Å². The first-order chi connectivity index (χ1) is 10.7. The summed E-state index contributed by atoms with van der Waals surface area (Å²) in [6, 6.07) is 1.76. The van der Waals surface area contributed by atoms with E-state index in [-0.39, 0.29) is 28.5 Å². The number of halogens is 3. The summed E-state index contributed by atoms with van der Waals surface area (Å²) in [5, 5.41) is 0. The number of nitrogens with zero attached hydrogens (tertiary/aromatic N) is 1. The third kappa shape index (κ3) is 3.16. The van der Waals surface area contributed by atoms with Gasteiger partial charge in [-0.1, -0.05) is 13.8 Å². The van der Waals surface area contributed by atoms with Gasteiger partial charge in [-0.05, 0) is 31.1 Å². The predicted molar refractivity (Wildman–Crippen MR) is 79.5 cm³/mol. The molecule has 0 spiro atoms. The van der Waals surface area contributed by atoms with Gasteiger partial charge < -0.3 is 0 Å². The minimum atomic E-state index is -1.62. The van der Waals surface area contributed by atoms with Crippen molar-refractivity contribution in [2.24, 2.45) is 10.9 Å². The summed E-state index contributed by atoms with van der Waals surface area (Å²) in [6.45, 7) is 4.95. The van der Waals surface area contributed by atoms with Crippen molar-refractivity contribution in [3.05, 3.63) is 58.1 Å². The number of Topliss-reactive ketones (excluding diaryl/α,β-unsaturated/α-hetero) is 1. The van der Waals surface area contributed by atoms with Crippen LogP contribution in [0.1, 0.15) is 26.3 Å². The molecule has 1 aromatic rings. The van der Waals surface area contributed by atoms with Gasteiger partial charge in [-0.25, -0.2) is 13.2 Å². The zero-order chi connectivity index (χ0) is 17.3. The summed E-state index contributed by atoms with van der Waals surface area (Å²) >= 11 is 0. The van der Waals surface area contributed by atoms with Crippen molar-refractivity contribution in [1.29, 1.82) is 0 Å². The number of ketones is 2. The van der Waals surface area contributed by atoms with Crippen LogP contribution >= 0.6 is 0 Å². The lowest BCUT2D eigenvalue weighted by Gasteiger charge is -2.16. The Hall–Kier alpha value is -2.50. The van der Waals surface area contributed by atoms with Crippen LogP contribution in [-0.4, -0.2) is 17.8 Å². The molecule has 0 saturated carbocycles. The maximum atomic E-state index is 13.6. The summed E-state index contributed by atoms with van der Waals surface area (Å²) in [7, 11) is 0. The number of aliphatic imine (C=N–C) groups is 1. The van der Waals surface area contributed by atoms with Crippen molar-refractivity contribution in [2.45, 2.75) is 20.8 Å². The molecule has 23 heavy (non-hydrogen) atoms. The van der Waals surface area contributed by atoms with Crippen LogP contribution in [-0.2, 0) is 9.59 Å². The van der Waals surface area contributed by atoms with Crippen molar-refractivity contribution in [3.63, 3.8) is 0 Å². The van der Waals surface area contributed by atoms with E-state index in [9.17, 15) is 22.8 Å². The normalized spacial score (nSPS) is 15.9. The molecule has 0 bridgehead atoms. The lowest BCUT2D eigenvalue weighted by molar-refractivity contribution is -0.116. The van der Waals surface area contributed by atoms with Gasteiger partial charge in [0.05, 0.1) is 0 Å². The third-order valence-corrected chi connectivity index (χ3v) is 3.51. The largest absolute Gasteiger partial charge is 0.290 e. The van der Waals surface area contributed by atoms with E-state index < -0.39 is 23.2 Å². The maximum absolute atomic E-state index is 13.6. The Balaban J connectivity index is 2.43. The average Bonchev–Trinajstić information content (AvgIpc) is 2.50. The smallest absolute Gasteiger partial charge is 0.208 e. The lowest BCUT2D eigenvalue weighted by atomic mass is 9.88. The van der Waals surface area contributed by atoms with Gasteiger partial charge in [0.2, 0.25) is 5.78 Å². The van der Waals surface area contributed by atoms with Crippen molar-refractivity contribution in [1.82, 2.24) is 0 Å². The highest BCUT2D eigenvalue weighted by molar-refractivity contribution is 6.23. The molecule has 0 heterocycles. The van der Waals surface area contributed by atoms with Crippen LogP contribution < -0.4 is 0 Å². The molecule has 0 aliphatic heterocycles. The van der Waals surface area contributed by atoms with Crippen molar-refractivity contribution < 1.29 is 22.8 Å². The van der Waals surface area contributed by atoms with Crippen LogP contribution in [0.25, 0.3) is 0 Å². The summed E-state index contributed by atoms with van der Waals surface area (Å²) in [4.78, 5) is 28.1. The standard InChI is InChI=1S/C17H14F3NO2/c1-8(2)11-6-13(22)9(3)16(17(11)23)21-7-10-4-5-12(18)15(20)14(10)19/h4-8H,1-3H3. The van der Waals surface area contributed by atoms with Gasteiger partial charge >= 0.3 is 0 Å². The number of hydrogen-bond acceptors (Lipinski definition) is 3. The quantitative estimate of drug-likeness (QED) is 0.486. The topological polar surface area (TPSA) is 46.5 Å². The molecule has 0 N–H and O–H groups in total. The van der Waals surface area contributed by atoms with E-state index in [1.807, 2.05) is 0 Å². The molecule has 0 atom stereocenters. The second-order valence-electron chi connectivity index (χ2n) is 5.44. The fourth-order valence-electron chi connectivity index (χ4n) is 2.10. The highest BCUT2D eigenvalue weighted by Crippen LogP contribution is 2.25. The molecule has 1 aliphatic rings. The predicted octanol–water partition coefficient (Wildman–Crippen LogP) is 3.53. The Labute approximate surface area is 131 Å². The molecule has 0 amide bonds. The third-order valence-electron chi connectivity index (χ3n) is 3.51. The first kappa shape index (κ1) is 16.9. The Kier molecular flexibility index (Phi) is 4.63. The van der Waals surface area contributed by atoms with Gasteiger partial charge in [-0.2, -0.15) is 0 Å². The molecule has 1 aliphatic carbocycles. The zero-order valence-corrected chi connectivity index (χ0v) is 12.8. The first-order valence-electron chi connectivity index (χ1n) is 6.93. The van der Waals surface area contributed by atoms with Gasteiger partial charge in [-0.15, -0.1) is 0 Å². The maximum Gasteiger partial charge on any atom is 0.208 e. The number of carbonyl (C=O) groups is 2. The SMILES string of the molecule is CC1=C(N=Cc2ccc(F)c(F)c2F)C(=O)C(C(C)C)=CC1=O. The number of rotatable bonds is 3. The minimum Gasteiger partial charge on any atom is -0.290 e. The molecule has 0 saturated heterocycles. The second-order valence-corrected chi connectivity index (χ2v) is 5.44. The number of benzene rings is 1.